The number of hydrogen-bond donors (Lipinski definition) is 1. The Bertz CT molecular complexity index is 254. The molecule has 0 bridgehead atoms. The van der Waals surface area contributed by atoms with E-state index in [4.69, 9.17) is 33.7 Å². The fraction of sp³-hybridized carbons (Fsp3) is 1.00. The molecule has 0 N–H and O–H groups in total. The topological polar surface area (TPSA) is 27.7 Å². The van der Waals surface area contributed by atoms with Gasteiger partial charge in [-0.15, -0.1) is 12.2 Å². The smallest absolute Gasteiger partial charge is 0.117 e. The first-order chi connectivity index (χ1) is 6.98. The van der Waals surface area contributed by atoms with Crippen LogP contribution in [0.2, 0.25) is 0 Å². The van der Waals surface area contributed by atoms with Gasteiger partial charge in [0, 0.05) is 19.3 Å². The zero-order chi connectivity index (χ0) is 11.5. The van der Waals surface area contributed by atoms with E-state index in [-0.39, 0.29) is 18.2 Å². The van der Waals surface area contributed by atoms with E-state index in [1.54, 1.807) is 7.11 Å². The number of methoxy groups -OCH3 is 1. The van der Waals surface area contributed by atoms with Crippen molar-refractivity contribution < 1.29 is 14.0 Å². The van der Waals surface area contributed by atoms with E-state index >= 15 is 0 Å². The van der Waals surface area contributed by atoms with Crippen molar-refractivity contribution >= 4 is 37.4 Å². The third-order valence-electron chi connectivity index (χ3n) is 2.26. The largest absolute Gasteiger partial charge is 0.382 e. The lowest BCUT2D eigenvalue weighted by Gasteiger charge is -2.23. The van der Waals surface area contributed by atoms with Gasteiger partial charge in [0.2, 0.25) is 0 Å². The van der Waals surface area contributed by atoms with E-state index in [0.29, 0.717) is 13.0 Å². The van der Waals surface area contributed by atoms with Crippen LogP contribution in [-0.4, -0.2) is 45.9 Å². The molecule has 0 amide bonds. The lowest BCUT2D eigenvalue weighted by Crippen LogP contribution is -2.27. The van der Waals surface area contributed by atoms with Gasteiger partial charge in [0.15, 0.2) is 0 Å². The third kappa shape index (κ3) is 4.37. The van der Waals surface area contributed by atoms with Gasteiger partial charge in [-0.05, 0) is 6.42 Å². The Labute approximate surface area is 103 Å². The van der Waals surface area contributed by atoms with Crippen molar-refractivity contribution in [1.82, 2.24) is 0 Å². The minimum Gasteiger partial charge on any atom is -0.382 e. The lowest BCUT2D eigenvalue weighted by atomic mass is 9.96. The predicted octanol–water partition coefficient (Wildman–Crippen LogP) is 1.56. The quantitative estimate of drug-likeness (QED) is 0.464. The number of thiol groups is 1. The van der Waals surface area contributed by atoms with E-state index in [9.17, 15) is 0 Å². The summed E-state index contributed by atoms with van der Waals surface area (Å²) in [5.41, 5.74) is -1.97. The predicted molar refractivity (Wildman–Crippen MR) is 69.6 cm³/mol. The van der Waals surface area contributed by atoms with Gasteiger partial charge in [0.1, 0.15) is 19.4 Å². The fourth-order valence-electron chi connectivity index (χ4n) is 1.46. The van der Waals surface area contributed by atoms with Gasteiger partial charge in [-0.1, -0.05) is 18.7 Å². The molecule has 15 heavy (non-hydrogen) atoms. The first kappa shape index (κ1) is 14.0. The summed E-state index contributed by atoms with van der Waals surface area (Å²) in [4.78, 5) is 0. The molecular formula is C8H16BO3PS2. The van der Waals surface area contributed by atoms with Crippen LogP contribution in [0.3, 0.4) is 0 Å². The Kier molecular flexibility index (Phi) is 5.64. The molecule has 1 heterocycles. The Balaban J connectivity index is 2.55. The van der Waals surface area contributed by atoms with Gasteiger partial charge in [-0.25, -0.2) is 0 Å². The van der Waals surface area contributed by atoms with Gasteiger partial charge >= 0.3 is 0 Å². The molecule has 1 saturated heterocycles. The summed E-state index contributed by atoms with van der Waals surface area (Å²) in [5, 5.41) is 0. The van der Waals surface area contributed by atoms with E-state index in [0.717, 1.165) is 6.16 Å². The van der Waals surface area contributed by atoms with Crippen molar-refractivity contribution in [2.75, 3.05) is 19.9 Å². The first-order valence-corrected chi connectivity index (χ1v) is 8.94. The average Bonchev–Trinajstić information content (AvgIpc) is 2.47. The third-order valence-corrected chi connectivity index (χ3v) is 5.82. The molecule has 3 nitrogen and oxygen atoms in total. The van der Waals surface area contributed by atoms with Crippen LogP contribution in [-0.2, 0) is 25.8 Å². The number of hydrogen-bond acceptors (Lipinski definition) is 4. The van der Waals surface area contributed by atoms with Crippen molar-refractivity contribution in [2.45, 2.75) is 31.6 Å². The monoisotopic (exact) mass is 266 g/mol. The van der Waals surface area contributed by atoms with Gasteiger partial charge in [-0.3, -0.25) is 0 Å². The average molecular weight is 266 g/mol. The molecule has 7 heteroatoms. The SMILES string of the molecule is [B][C@H]1C[C@@H](OP(=S)(S)CC)[C@@H](COC)O1. The van der Waals surface area contributed by atoms with Crippen molar-refractivity contribution in [1.29, 1.82) is 0 Å². The number of rotatable bonds is 5. The van der Waals surface area contributed by atoms with E-state index in [1.165, 1.54) is 0 Å². The van der Waals surface area contributed by atoms with Crippen LogP contribution in [0.4, 0.5) is 0 Å². The zero-order valence-corrected chi connectivity index (χ0v) is 11.6. The highest BCUT2D eigenvalue weighted by molar-refractivity contribution is 8.61. The Morgan fingerprint density at radius 1 is 1.67 bits per heavy atom. The summed E-state index contributed by atoms with van der Waals surface area (Å²) < 4.78 is 16.3. The molecule has 1 rings (SSSR count). The molecule has 0 aliphatic carbocycles. The normalized spacial score (nSPS) is 35.3. The molecule has 1 fully saturated rings. The summed E-state index contributed by atoms with van der Waals surface area (Å²) in [6.45, 7) is 2.46. The van der Waals surface area contributed by atoms with Crippen molar-refractivity contribution in [2.24, 2.45) is 0 Å². The first-order valence-electron chi connectivity index (χ1n) is 4.88. The Hall–Kier alpha value is 0.945. The second kappa shape index (κ2) is 6.03. The second-order valence-electron chi connectivity index (χ2n) is 3.50. The molecule has 0 saturated carbocycles. The maximum atomic E-state index is 5.79. The molecule has 4 atom stereocenters. The van der Waals surface area contributed by atoms with Crippen molar-refractivity contribution in [3.05, 3.63) is 0 Å². The van der Waals surface area contributed by atoms with Crippen LogP contribution in [0.1, 0.15) is 13.3 Å². The molecule has 1 aliphatic rings. The van der Waals surface area contributed by atoms with Gasteiger partial charge in [-0.2, -0.15) is 0 Å². The molecule has 2 radical (unpaired) electrons. The van der Waals surface area contributed by atoms with Crippen molar-refractivity contribution in [3.8, 4) is 0 Å². The fourth-order valence-corrected chi connectivity index (χ4v) is 2.95. The van der Waals surface area contributed by atoms with Crippen molar-refractivity contribution in [3.63, 3.8) is 0 Å². The van der Waals surface area contributed by atoms with Crippen LogP contribution >= 0.6 is 17.7 Å². The second-order valence-corrected chi connectivity index (χ2v) is 10.1. The zero-order valence-electron chi connectivity index (χ0n) is 8.96. The molecule has 0 aromatic heterocycles. The van der Waals surface area contributed by atoms with Gasteiger partial charge in [0.25, 0.3) is 0 Å². The van der Waals surface area contributed by atoms with Crippen LogP contribution in [0, 0.1) is 0 Å². The van der Waals surface area contributed by atoms with Gasteiger partial charge in [0.05, 0.1) is 12.7 Å². The molecular weight excluding hydrogens is 250 g/mol. The van der Waals surface area contributed by atoms with Crippen LogP contribution in [0.25, 0.3) is 0 Å². The van der Waals surface area contributed by atoms with E-state index in [1.807, 2.05) is 6.92 Å². The Morgan fingerprint density at radius 2 is 2.33 bits per heavy atom. The van der Waals surface area contributed by atoms with Crippen LogP contribution in [0.5, 0.6) is 0 Å². The minimum atomic E-state index is -1.97. The summed E-state index contributed by atoms with van der Waals surface area (Å²) in [6.07, 6.45) is 1.22. The molecule has 0 aromatic carbocycles. The highest BCUT2D eigenvalue weighted by Gasteiger charge is 2.35. The Morgan fingerprint density at radius 3 is 2.87 bits per heavy atom. The summed E-state index contributed by atoms with van der Waals surface area (Å²) in [6, 6.07) is -0.282. The van der Waals surface area contributed by atoms with Crippen LogP contribution < -0.4 is 0 Å². The molecule has 0 aromatic rings. The van der Waals surface area contributed by atoms with Crippen LogP contribution in [0.15, 0.2) is 0 Å². The molecule has 1 aliphatic heterocycles. The molecule has 0 spiro atoms. The summed E-state index contributed by atoms with van der Waals surface area (Å²) >= 11 is 9.64. The maximum absolute atomic E-state index is 5.79. The van der Waals surface area contributed by atoms with E-state index < -0.39 is 5.47 Å². The standard InChI is InChI=1S/C8H16BO3PS2/c1-3-13(14,15)12-6-4-8(9)11-7(6)5-10-2/h6-8H,3-5H2,1-2H3,(H,14,15)/t6-,7-,8-/m1/s1. The highest BCUT2D eigenvalue weighted by Crippen LogP contribution is 2.54. The number of ether oxygens (including phenoxy) is 2. The highest BCUT2D eigenvalue weighted by atomic mass is 32.9. The lowest BCUT2D eigenvalue weighted by molar-refractivity contribution is -0.00755. The molecule has 86 valence electrons. The van der Waals surface area contributed by atoms with E-state index in [2.05, 4.69) is 12.2 Å². The summed E-state index contributed by atoms with van der Waals surface area (Å²) in [7, 11) is 7.33. The minimum absolute atomic E-state index is 0.0803. The maximum Gasteiger partial charge on any atom is 0.117 e. The van der Waals surface area contributed by atoms with Gasteiger partial charge < -0.3 is 14.0 Å². The molecule has 1 unspecified atom stereocenters. The summed E-state index contributed by atoms with van der Waals surface area (Å²) in [5.74, 6) is 0.